The Bertz CT molecular complexity index is 480. The number of carbonyl (C=O) groups is 1. The topological polar surface area (TPSA) is 62.2 Å². The lowest BCUT2D eigenvalue weighted by atomic mass is 10.2. The first-order chi connectivity index (χ1) is 8.25. The standard InChI is InChI=1S/C12H12N2O2S/c15-12(16)9-3-4-10(14-6-9)7-13-8-11-2-1-5-17-11/h1-6,13H,7-8H2,(H,15,16). The van der Waals surface area contributed by atoms with Crippen molar-refractivity contribution < 1.29 is 9.90 Å². The van der Waals surface area contributed by atoms with Gasteiger partial charge in [0.2, 0.25) is 0 Å². The highest BCUT2D eigenvalue weighted by Crippen LogP contribution is 2.08. The summed E-state index contributed by atoms with van der Waals surface area (Å²) in [4.78, 5) is 16.0. The van der Waals surface area contributed by atoms with Gasteiger partial charge in [0, 0.05) is 24.2 Å². The number of rotatable bonds is 5. The van der Waals surface area contributed by atoms with Crippen LogP contribution in [0, 0.1) is 0 Å². The van der Waals surface area contributed by atoms with Gasteiger partial charge in [0.1, 0.15) is 0 Å². The molecular formula is C12H12N2O2S. The number of thiophene rings is 1. The van der Waals surface area contributed by atoms with Crippen molar-refractivity contribution in [3.8, 4) is 0 Å². The molecule has 0 amide bonds. The van der Waals surface area contributed by atoms with Crippen LogP contribution in [-0.4, -0.2) is 16.1 Å². The summed E-state index contributed by atoms with van der Waals surface area (Å²) in [6.45, 7) is 1.44. The van der Waals surface area contributed by atoms with E-state index in [1.807, 2.05) is 11.4 Å². The molecule has 0 radical (unpaired) electrons. The Morgan fingerprint density at radius 2 is 2.24 bits per heavy atom. The lowest BCUT2D eigenvalue weighted by Crippen LogP contribution is -2.13. The zero-order chi connectivity index (χ0) is 12.1. The highest BCUT2D eigenvalue weighted by atomic mass is 32.1. The zero-order valence-corrected chi connectivity index (χ0v) is 9.91. The van der Waals surface area contributed by atoms with Crippen molar-refractivity contribution in [1.29, 1.82) is 0 Å². The fraction of sp³-hybridized carbons (Fsp3) is 0.167. The Morgan fingerprint density at radius 3 is 2.82 bits per heavy atom. The molecule has 4 nitrogen and oxygen atoms in total. The second-order valence-electron chi connectivity index (χ2n) is 3.53. The number of aromatic nitrogens is 1. The van der Waals surface area contributed by atoms with E-state index >= 15 is 0 Å². The van der Waals surface area contributed by atoms with Crippen LogP contribution >= 0.6 is 11.3 Å². The predicted molar refractivity (Wildman–Crippen MR) is 66.1 cm³/mol. The van der Waals surface area contributed by atoms with Crippen LogP contribution in [-0.2, 0) is 13.1 Å². The number of pyridine rings is 1. The second kappa shape index (κ2) is 5.56. The fourth-order valence-corrected chi connectivity index (χ4v) is 2.06. The van der Waals surface area contributed by atoms with Crippen molar-refractivity contribution in [2.75, 3.05) is 0 Å². The Morgan fingerprint density at radius 1 is 1.35 bits per heavy atom. The summed E-state index contributed by atoms with van der Waals surface area (Å²) >= 11 is 1.70. The van der Waals surface area contributed by atoms with Gasteiger partial charge >= 0.3 is 5.97 Å². The van der Waals surface area contributed by atoms with Gasteiger partial charge in [0.05, 0.1) is 11.3 Å². The van der Waals surface area contributed by atoms with Crippen molar-refractivity contribution in [3.63, 3.8) is 0 Å². The van der Waals surface area contributed by atoms with E-state index in [2.05, 4.69) is 16.4 Å². The first kappa shape index (κ1) is 11.8. The van der Waals surface area contributed by atoms with Crippen LogP contribution < -0.4 is 5.32 Å². The van der Waals surface area contributed by atoms with Crippen LogP contribution in [0.4, 0.5) is 0 Å². The van der Waals surface area contributed by atoms with Crippen molar-refractivity contribution in [1.82, 2.24) is 10.3 Å². The first-order valence-electron chi connectivity index (χ1n) is 5.17. The average Bonchev–Trinajstić information content (AvgIpc) is 2.83. The molecule has 2 aromatic heterocycles. The molecule has 0 bridgehead atoms. The third-order valence-corrected chi connectivity index (χ3v) is 3.13. The quantitative estimate of drug-likeness (QED) is 0.851. The van der Waals surface area contributed by atoms with E-state index < -0.39 is 5.97 Å². The molecule has 17 heavy (non-hydrogen) atoms. The summed E-state index contributed by atoms with van der Waals surface area (Å²) in [5.41, 5.74) is 1.05. The van der Waals surface area contributed by atoms with E-state index in [4.69, 9.17) is 5.11 Å². The molecule has 2 rings (SSSR count). The van der Waals surface area contributed by atoms with E-state index in [9.17, 15) is 4.79 Å². The van der Waals surface area contributed by atoms with Crippen LogP contribution in [0.1, 0.15) is 20.9 Å². The number of carboxylic acids is 1. The SMILES string of the molecule is O=C(O)c1ccc(CNCc2cccs2)nc1. The van der Waals surface area contributed by atoms with Crippen LogP contribution in [0.5, 0.6) is 0 Å². The summed E-state index contributed by atoms with van der Waals surface area (Å²) in [7, 11) is 0. The van der Waals surface area contributed by atoms with Crippen molar-refractivity contribution >= 4 is 17.3 Å². The highest BCUT2D eigenvalue weighted by Gasteiger charge is 2.02. The van der Waals surface area contributed by atoms with Crippen molar-refractivity contribution in [3.05, 3.63) is 52.0 Å². The lowest BCUT2D eigenvalue weighted by Gasteiger charge is -2.02. The van der Waals surface area contributed by atoms with Gasteiger partial charge in [-0.2, -0.15) is 0 Å². The number of carboxylic acid groups (broad SMARTS) is 1. The summed E-state index contributed by atoms with van der Waals surface area (Å²) < 4.78 is 0. The maximum atomic E-state index is 10.6. The Labute approximate surface area is 103 Å². The summed E-state index contributed by atoms with van der Waals surface area (Å²) in [6.07, 6.45) is 1.38. The minimum absolute atomic E-state index is 0.215. The van der Waals surface area contributed by atoms with E-state index in [1.165, 1.54) is 11.1 Å². The Kier molecular flexibility index (Phi) is 3.85. The molecule has 0 aliphatic heterocycles. The second-order valence-corrected chi connectivity index (χ2v) is 4.56. The molecule has 0 spiro atoms. The number of aromatic carboxylic acids is 1. The predicted octanol–water partition coefficient (Wildman–Crippen LogP) is 2.13. The molecule has 0 atom stereocenters. The molecule has 88 valence electrons. The molecule has 0 aliphatic rings. The van der Waals surface area contributed by atoms with Gasteiger partial charge in [-0.3, -0.25) is 4.98 Å². The molecule has 2 heterocycles. The molecule has 0 aromatic carbocycles. The van der Waals surface area contributed by atoms with Gasteiger partial charge in [0.25, 0.3) is 0 Å². The molecule has 5 heteroatoms. The fourth-order valence-electron chi connectivity index (χ4n) is 1.38. The van der Waals surface area contributed by atoms with Crippen LogP contribution in [0.2, 0.25) is 0 Å². The van der Waals surface area contributed by atoms with Crippen LogP contribution in [0.3, 0.4) is 0 Å². The average molecular weight is 248 g/mol. The van der Waals surface area contributed by atoms with Gasteiger partial charge in [-0.15, -0.1) is 11.3 Å². The molecule has 0 saturated carbocycles. The third-order valence-electron chi connectivity index (χ3n) is 2.26. The third kappa shape index (κ3) is 3.37. The number of hydrogen-bond acceptors (Lipinski definition) is 4. The number of nitrogens with one attached hydrogen (secondary N) is 1. The molecule has 0 saturated heterocycles. The summed E-state index contributed by atoms with van der Waals surface area (Å²) in [6, 6.07) is 7.38. The minimum atomic E-state index is -0.949. The van der Waals surface area contributed by atoms with E-state index in [0.29, 0.717) is 6.54 Å². The minimum Gasteiger partial charge on any atom is -0.478 e. The monoisotopic (exact) mass is 248 g/mol. The highest BCUT2D eigenvalue weighted by molar-refractivity contribution is 7.09. The van der Waals surface area contributed by atoms with E-state index in [1.54, 1.807) is 23.5 Å². The zero-order valence-electron chi connectivity index (χ0n) is 9.09. The largest absolute Gasteiger partial charge is 0.478 e. The van der Waals surface area contributed by atoms with Crippen molar-refractivity contribution in [2.45, 2.75) is 13.1 Å². The van der Waals surface area contributed by atoms with Gasteiger partial charge in [-0.1, -0.05) is 6.07 Å². The van der Waals surface area contributed by atoms with Gasteiger partial charge in [-0.05, 0) is 23.6 Å². The normalized spacial score (nSPS) is 10.4. The van der Waals surface area contributed by atoms with Crippen molar-refractivity contribution in [2.24, 2.45) is 0 Å². The summed E-state index contributed by atoms with van der Waals surface area (Å²) in [5.74, 6) is -0.949. The van der Waals surface area contributed by atoms with Gasteiger partial charge in [0.15, 0.2) is 0 Å². The molecule has 0 unspecified atom stereocenters. The summed E-state index contributed by atoms with van der Waals surface area (Å²) in [5, 5.41) is 14.0. The Hall–Kier alpha value is -1.72. The maximum Gasteiger partial charge on any atom is 0.337 e. The molecule has 2 N–H and O–H groups in total. The van der Waals surface area contributed by atoms with Crippen LogP contribution in [0.15, 0.2) is 35.8 Å². The molecular weight excluding hydrogens is 236 g/mol. The van der Waals surface area contributed by atoms with Gasteiger partial charge in [-0.25, -0.2) is 4.79 Å². The van der Waals surface area contributed by atoms with Gasteiger partial charge < -0.3 is 10.4 Å². The molecule has 2 aromatic rings. The van der Waals surface area contributed by atoms with E-state index in [0.717, 1.165) is 12.2 Å². The smallest absolute Gasteiger partial charge is 0.337 e. The lowest BCUT2D eigenvalue weighted by molar-refractivity contribution is 0.0696. The number of nitrogens with zero attached hydrogens (tertiary/aromatic N) is 1. The number of hydrogen-bond donors (Lipinski definition) is 2. The Balaban J connectivity index is 1.85. The first-order valence-corrected chi connectivity index (χ1v) is 6.05. The maximum absolute atomic E-state index is 10.6. The molecule has 0 fully saturated rings. The van der Waals surface area contributed by atoms with Crippen LogP contribution in [0.25, 0.3) is 0 Å². The van der Waals surface area contributed by atoms with E-state index in [-0.39, 0.29) is 5.56 Å². The molecule has 0 aliphatic carbocycles.